The van der Waals surface area contributed by atoms with Gasteiger partial charge >= 0.3 is 0 Å². The molecule has 10 heavy (non-hydrogen) atoms. The van der Waals surface area contributed by atoms with Gasteiger partial charge in [0, 0.05) is 6.42 Å². The molecule has 0 heterocycles. The summed E-state index contributed by atoms with van der Waals surface area (Å²) in [6.45, 7) is 1.71. The van der Waals surface area contributed by atoms with Crippen LogP contribution in [0, 0.1) is 17.8 Å². The molecular weight excluding hydrogens is 124 g/mol. The SMILES string of the molecule is CC(=O)CC1C[C@@H]2C[C@@H]2C1. The number of ketones is 1. The maximum atomic E-state index is 10.7. The molecule has 2 rings (SSSR count). The fraction of sp³-hybridized carbons (Fsp3) is 0.889. The summed E-state index contributed by atoms with van der Waals surface area (Å²) in [6.07, 6.45) is 5.02. The standard InChI is InChI=1S/C9H14O/c1-6(10)2-7-3-8-5-9(8)4-7/h7-9H,2-5H2,1H3/t7?,8-,9+. The Hall–Kier alpha value is -0.330. The van der Waals surface area contributed by atoms with Crippen LogP contribution in [0.2, 0.25) is 0 Å². The van der Waals surface area contributed by atoms with E-state index in [1.807, 2.05) is 0 Å². The highest BCUT2D eigenvalue weighted by atomic mass is 16.1. The van der Waals surface area contributed by atoms with Crippen LogP contribution in [0.25, 0.3) is 0 Å². The Morgan fingerprint density at radius 3 is 2.40 bits per heavy atom. The van der Waals surface area contributed by atoms with Gasteiger partial charge in [-0.2, -0.15) is 0 Å². The summed E-state index contributed by atoms with van der Waals surface area (Å²) in [5.74, 6) is 3.21. The first kappa shape index (κ1) is 6.38. The highest BCUT2D eigenvalue weighted by Crippen LogP contribution is 2.55. The Kier molecular flexibility index (Phi) is 1.33. The van der Waals surface area contributed by atoms with E-state index < -0.39 is 0 Å². The van der Waals surface area contributed by atoms with Gasteiger partial charge in [-0.3, -0.25) is 0 Å². The lowest BCUT2D eigenvalue weighted by Crippen LogP contribution is -2.02. The number of Topliss-reactive ketones (excluding diaryl/α,β-unsaturated/α-hetero) is 1. The predicted octanol–water partition coefficient (Wildman–Crippen LogP) is 2.01. The molecule has 3 atom stereocenters. The quantitative estimate of drug-likeness (QED) is 0.570. The van der Waals surface area contributed by atoms with Crippen LogP contribution < -0.4 is 0 Å². The Balaban J connectivity index is 1.80. The van der Waals surface area contributed by atoms with Crippen LogP contribution in [0.15, 0.2) is 0 Å². The molecule has 0 amide bonds. The van der Waals surface area contributed by atoms with Crippen molar-refractivity contribution in [2.45, 2.75) is 32.6 Å². The zero-order valence-electron chi connectivity index (χ0n) is 6.47. The van der Waals surface area contributed by atoms with Crippen LogP contribution in [0.1, 0.15) is 32.6 Å². The fourth-order valence-corrected chi connectivity index (χ4v) is 2.41. The van der Waals surface area contributed by atoms with E-state index in [9.17, 15) is 4.79 Å². The third-order valence-corrected chi connectivity index (χ3v) is 2.92. The van der Waals surface area contributed by atoms with E-state index in [1.165, 1.54) is 19.3 Å². The Morgan fingerprint density at radius 1 is 1.30 bits per heavy atom. The van der Waals surface area contributed by atoms with Crippen molar-refractivity contribution in [2.75, 3.05) is 0 Å². The van der Waals surface area contributed by atoms with Crippen molar-refractivity contribution in [3.05, 3.63) is 0 Å². The Morgan fingerprint density at radius 2 is 1.90 bits per heavy atom. The number of hydrogen-bond donors (Lipinski definition) is 0. The maximum absolute atomic E-state index is 10.7. The lowest BCUT2D eigenvalue weighted by atomic mass is 9.98. The molecule has 2 fully saturated rings. The van der Waals surface area contributed by atoms with Gasteiger partial charge in [-0.25, -0.2) is 0 Å². The molecule has 2 saturated carbocycles. The van der Waals surface area contributed by atoms with Gasteiger partial charge < -0.3 is 4.79 Å². The monoisotopic (exact) mass is 138 g/mol. The molecule has 2 aliphatic carbocycles. The van der Waals surface area contributed by atoms with Crippen LogP contribution in [-0.2, 0) is 4.79 Å². The summed E-state index contributed by atoms with van der Waals surface area (Å²) in [5, 5.41) is 0. The number of rotatable bonds is 2. The molecule has 0 bridgehead atoms. The molecule has 1 unspecified atom stereocenters. The van der Waals surface area contributed by atoms with Gasteiger partial charge in [-0.1, -0.05) is 0 Å². The van der Waals surface area contributed by atoms with E-state index in [-0.39, 0.29) is 0 Å². The molecule has 0 aromatic heterocycles. The second-order valence-electron chi connectivity index (χ2n) is 4.00. The average molecular weight is 138 g/mol. The second kappa shape index (κ2) is 2.08. The first-order valence-corrected chi connectivity index (χ1v) is 4.25. The molecule has 0 aliphatic heterocycles. The number of hydrogen-bond acceptors (Lipinski definition) is 1. The molecule has 0 radical (unpaired) electrons. The Bertz CT molecular complexity index is 152. The van der Waals surface area contributed by atoms with Gasteiger partial charge in [0.15, 0.2) is 0 Å². The van der Waals surface area contributed by atoms with Gasteiger partial charge in [-0.05, 0) is 43.9 Å². The average Bonchev–Trinajstić information content (AvgIpc) is 2.39. The van der Waals surface area contributed by atoms with Gasteiger partial charge in [0.05, 0.1) is 0 Å². The topological polar surface area (TPSA) is 17.1 Å². The minimum absolute atomic E-state index is 0.381. The van der Waals surface area contributed by atoms with Gasteiger partial charge in [0.25, 0.3) is 0 Å². The molecule has 0 aromatic rings. The zero-order valence-corrected chi connectivity index (χ0v) is 6.47. The van der Waals surface area contributed by atoms with Crippen molar-refractivity contribution < 1.29 is 4.79 Å². The molecule has 0 aromatic carbocycles. The minimum atomic E-state index is 0.381. The van der Waals surface area contributed by atoms with E-state index in [0.717, 1.165) is 24.2 Å². The van der Waals surface area contributed by atoms with E-state index in [2.05, 4.69) is 0 Å². The molecular formula is C9H14O. The third-order valence-electron chi connectivity index (χ3n) is 2.92. The van der Waals surface area contributed by atoms with Crippen LogP contribution in [0.4, 0.5) is 0 Å². The van der Waals surface area contributed by atoms with Crippen molar-refractivity contribution in [3.8, 4) is 0 Å². The predicted molar refractivity (Wildman–Crippen MR) is 39.6 cm³/mol. The van der Waals surface area contributed by atoms with E-state index >= 15 is 0 Å². The van der Waals surface area contributed by atoms with Gasteiger partial charge in [0.2, 0.25) is 0 Å². The summed E-state index contributed by atoms with van der Waals surface area (Å²) in [6, 6.07) is 0. The van der Waals surface area contributed by atoms with E-state index in [1.54, 1.807) is 6.92 Å². The molecule has 0 spiro atoms. The number of fused-ring (bicyclic) bond motifs is 1. The third kappa shape index (κ3) is 1.09. The van der Waals surface area contributed by atoms with Crippen molar-refractivity contribution >= 4 is 5.78 Å². The van der Waals surface area contributed by atoms with E-state index in [0.29, 0.717) is 5.78 Å². The summed E-state index contributed by atoms with van der Waals surface area (Å²) in [7, 11) is 0. The first-order valence-electron chi connectivity index (χ1n) is 4.25. The van der Waals surface area contributed by atoms with Crippen LogP contribution in [0.3, 0.4) is 0 Å². The van der Waals surface area contributed by atoms with Gasteiger partial charge in [0.1, 0.15) is 5.78 Å². The molecule has 2 aliphatic rings. The smallest absolute Gasteiger partial charge is 0.130 e. The largest absolute Gasteiger partial charge is 0.300 e. The summed E-state index contributed by atoms with van der Waals surface area (Å²) >= 11 is 0. The second-order valence-corrected chi connectivity index (χ2v) is 4.00. The molecule has 0 N–H and O–H groups in total. The summed E-state index contributed by atoms with van der Waals surface area (Å²) in [5.41, 5.74) is 0. The van der Waals surface area contributed by atoms with Crippen LogP contribution >= 0.6 is 0 Å². The van der Waals surface area contributed by atoms with Crippen molar-refractivity contribution in [1.82, 2.24) is 0 Å². The van der Waals surface area contributed by atoms with Gasteiger partial charge in [-0.15, -0.1) is 0 Å². The van der Waals surface area contributed by atoms with E-state index in [4.69, 9.17) is 0 Å². The first-order chi connectivity index (χ1) is 4.75. The summed E-state index contributed by atoms with van der Waals surface area (Å²) < 4.78 is 0. The molecule has 56 valence electrons. The lowest BCUT2D eigenvalue weighted by molar-refractivity contribution is -0.117. The van der Waals surface area contributed by atoms with Crippen molar-refractivity contribution in [2.24, 2.45) is 17.8 Å². The molecule has 0 saturated heterocycles. The van der Waals surface area contributed by atoms with Crippen molar-refractivity contribution in [3.63, 3.8) is 0 Å². The molecule has 1 nitrogen and oxygen atoms in total. The highest BCUT2D eigenvalue weighted by molar-refractivity contribution is 5.75. The van der Waals surface area contributed by atoms with Crippen LogP contribution in [0.5, 0.6) is 0 Å². The maximum Gasteiger partial charge on any atom is 0.130 e. The Labute approximate surface area is 61.8 Å². The highest BCUT2D eigenvalue weighted by Gasteiger charge is 2.45. The normalized spacial score (nSPS) is 43.1. The summed E-state index contributed by atoms with van der Waals surface area (Å²) in [4.78, 5) is 10.7. The molecule has 1 heteroatoms. The van der Waals surface area contributed by atoms with Crippen LogP contribution in [-0.4, -0.2) is 5.78 Å². The number of carbonyl (C=O) groups excluding carboxylic acids is 1. The zero-order chi connectivity index (χ0) is 7.14. The minimum Gasteiger partial charge on any atom is -0.300 e. The lowest BCUT2D eigenvalue weighted by Gasteiger charge is -2.07. The fourth-order valence-electron chi connectivity index (χ4n) is 2.41. The number of carbonyl (C=O) groups is 1. The van der Waals surface area contributed by atoms with Crippen molar-refractivity contribution in [1.29, 1.82) is 0 Å².